The standard InChI is InChI=1S/C29H33NO7S2/c1-4-6-7-8-9-10-18(3)37-23-12-11-19(13-24(23)36-5-2)14-25-26(31)30(29(38)39-25)22-16-20(27(32)33)15-21(17-22)28(34)35/h11-18H,4-10H2,1-3H3,(H,32,33)(H,34,35)/b25-14+/t18-/m1/s1. The fraction of sp³-hybridized carbons (Fsp3) is 0.379. The fourth-order valence-electron chi connectivity index (χ4n) is 4.12. The highest BCUT2D eigenvalue weighted by Gasteiger charge is 2.34. The number of carboxylic acid groups (broad SMARTS) is 2. The number of ether oxygens (including phenoxy) is 2. The first-order valence-corrected chi connectivity index (χ1v) is 14.2. The molecule has 2 aromatic rings. The van der Waals surface area contributed by atoms with Crippen LogP contribution in [-0.2, 0) is 4.79 Å². The van der Waals surface area contributed by atoms with Crippen LogP contribution in [0.3, 0.4) is 0 Å². The van der Waals surface area contributed by atoms with Crippen molar-refractivity contribution >= 4 is 57.9 Å². The second-order valence-corrected chi connectivity index (χ2v) is 10.8. The molecule has 0 aromatic heterocycles. The van der Waals surface area contributed by atoms with Crippen molar-refractivity contribution in [1.29, 1.82) is 0 Å². The Bertz CT molecular complexity index is 1240. The number of carbonyl (C=O) groups is 3. The summed E-state index contributed by atoms with van der Waals surface area (Å²) in [5.41, 5.74) is 0.273. The molecule has 1 amide bonds. The van der Waals surface area contributed by atoms with Gasteiger partial charge in [0.25, 0.3) is 5.91 Å². The Balaban J connectivity index is 1.81. The number of amides is 1. The zero-order valence-corrected chi connectivity index (χ0v) is 23.9. The quantitative estimate of drug-likeness (QED) is 0.140. The van der Waals surface area contributed by atoms with E-state index in [1.807, 2.05) is 26.0 Å². The first kappa shape index (κ1) is 30.2. The smallest absolute Gasteiger partial charge is 0.335 e. The monoisotopic (exact) mass is 571 g/mol. The molecule has 1 fully saturated rings. The van der Waals surface area contributed by atoms with Crippen molar-refractivity contribution in [3.05, 3.63) is 58.0 Å². The van der Waals surface area contributed by atoms with Crippen molar-refractivity contribution in [1.82, 2.24) is 0 Å². The summed E-state index contributed by atoms with van der Waals surface area (Å²) in [6, 6.07) is 8.94. The number of nitrogens with zero attached hydrogens (tertiary/aromatic N) is 1. The molecule has 10 heteroatoms. The van der Waals surface area contributed by atoms with Crippen molar-refractivity contribution in [2.24, 2.45) is 0 Å². The van der Waals surface area contributed by atoms with Gasteiger partial charge in [0.1, 0.15) is 0 Å². The molecule has 0 saturated carbocycles. The van der Waals surface area contributed by atoms with E-state index in [0.717, 1.165) is 35.6 Å². The van der Waals surface area contributed by atoms with Crippen LogP contribution in [0.4, 0.5) is 5.69 Å². The number of thioether (sulfide) groups is 1. The van der Waals surface area contributed by atoms with E-state index in [0.29, 0.717) is 28.6 Å². The predicted molar refractivity (Wildman–Crippen MR) is 157 cm³/mol. The minimum Gasteiger partial charge on any atom is -0.490 e. The molecule has 8 nitrogen and oxygen atoms in total. The van der Waals surface area contributed by atoms with E-state index in [1.54, 1.807) is 12.1 Å². The Labute approximate surface area is 238 Å². The SMILES string of the molecule is CCCCCCC[C@@H](C)Oc1ccc(/C=C2/SC(=S)N(c3cc(C(=O)O)cc(C(=O)O)c3)C2=O)cc1OCC. The summed E-state index contributed by atoms with van der Waals surface area (Å²) in [7, 11) is 0. The van der Waals surface area contributed by atoms with Crippen LogP contribution >= 0.6 is 24.0 Å². The lowest BCUT2D eigenvalue weighted by Gasteiger charge is -2.18. The van der Waals surface area contributed by atoms with E-state index in [1.165, 1.54) is 37.8 Å². The molecule has 1 aliphatic rings. The van der Waals surface area contributed by atoms with Gasteiger partial charge >= 0.3 is 11.9 Å². The van der Waals surface area contributed by atoms with Gasteiger partial charge in [-0.2, -0.15) is 0 Å². The van der Waals surface area contributed by atoms with Crippen LogP contribution < -0.4 is 14.4 Å². The molecule has 0 spiro atoms. The number of carbonyl (C=O) groups excluding carboxylic acids is 1. The summed E-state index contributed by atoms with van der Waals surface area (Å²) in [5.74, 6) is -1.89. The third-order valence-corrected chi connectivity index (χ3v) is 7.37. The molecule has 2 N–H and O–H groups in total. The summed E-state index contributed by atoms with van der Waals surface area (Å²) in [5, 5.41) is 18.8. The van der Waals surface area contributed by atoms with Gasteiger partial charge in [-0.15, -0.1) is 0 Å². The van der Waals surface area contributed by atoms with Crippen LogP contribution in [0.5, 0.6) is 11.5 Å². The minimum absolute atomic E-state index is 0.0326. The van der Waals surface area contributed by atoms with Gasteiger partial charge in [-0.25, -0.2) is 9.59 Å². The number of thiocarbonyl (C=S) groups is 1. The van der Waals surface area contributed by atoms with Crippen molar-refractivity contribution in [3.63, 3.8) is 0 Å². The van der Waals surface area contributed by atoms with Gasteiger partial charge in [-0.05, 0) is 68.7 Å². The molecule has 39 heavy (non-hydrogen) atoms. The maximum atomic E-state index is 13.3. The third-order valence-electron chi connectivity index (χ3n) is 6.07. The van der Waals surface area contributed by atoms with Crippen LogP contribution in [0.2, 0.25) is 0 Å². The molecule has 0 radical (unpaired) electrons. The number of anilines is 1. The first-order valence-electron chi connectivity index (χ1n) is 13.0. The van der Waals surface area contributed by atoms with E-state index >= 15 is 0 Å². The second kappa shape index (κ2) is 14.1. The fourth-order valence-corrected chi connectivity index (χ4v) is 5.42. The third kappa shape index (κ3) is 8.06. The lowest BCUT2D eigenvalue weighted by Crippen LogP contribution is -2.28. The van der Waals surface area contributed by atoms with Crippen molar-refractivity contribution in [3.8, 4) is 11.5 Å². The average Bonchev–Trinajstić information content (AvgIpc) is 3.17. The molecule has 0 bridgehead atoms. The summed E-state index contributed by atoms with van der Waals surface area (Å²) < 4.78 is 12.1. The zero-order chi connectivity index (χ0) is 28.5. The number of aromatic carboxylic acids is 2. The lowest BCUT2D eigenvalue weighted by molar-refractivity contribution is -0.113. The van der Waals surface area contributed by atoms with Gasteiger partial charge in [0, 0.05) is 0 Å². The molecular weight excluding hydrogens is 538 g/mol. The van der Waals surface area contributed by atoms with Crippen molar-refractivity contribution < 1.29 is 34.1 Å². The maximum Gasteiger partial charge on any atom is 0.335 e. The Morgan fingerprint density at radius 1 is 1.00 bits per heavy atom. The van der Waals surface area contributed by atoms with Gasteiger partial charge in [0.05, 0.1) is 34.4 Å². The van der Waals surface area contributed by atoms with Crippen LogP contribution in [-0.4, -0.2) is 45.1 Å². The van der Waals surface area contributed by atoms with E-state index in [-0.39, 0.29) is 27.2 Å². The molecule has 1 saturated heterocycles. The molecule has 1 aliphatic heterocycles. The molecule has 2 aromatic carbocycles. The summed E-state index contributed by atoms with van der Waals surface area (Å²) in [4.78, 5) is 37.8. The highest BCUT2D eigenvalue weighted by Crippen LogP contribution is 2.38. The topological polar surface area (TPSA) is 113 Å². The highest BCUT2D eigenvalue weighted by molar-refractivity contribution is 8.27. The Morgan fingerprint density at radius 3 is 2.28 bits per heavy atom. The predicted octanol–water partition coefficient (Wildman–Crippen LogP) is 7.02. The number of carboxylic acids is 2. The molecule has 208 valence electrons. The van der Waals surface area contributed by atoms with Gasteiger partial charge < -0.3 is 19.7 Å². The van der Waals surface area contributed by atoms with Crippen molar-refractivity contribution in [2.45, 2.75) is 65.4 Å². The lowest BCUT2D eigenvalue weighted by atomic mass is 10.1. The van der Waals surface area contributed by atoms with Crippen LogP contribution in [0.25, 0.3) is 6.08 Å². The number of rotatable bonds is 14. The number of benzene rings is 2. The molecule has 1 heterocycles. The van der Waals surface area contributed by atoms with Gasteiger partial charge in [-0.3, -0.25) is 9.69 Å². The van der Waals surface area contributed by atoms with Crippen LogP contribution in [0, 0.1) is 0 Å². The maximum absolute atomic E-state index is 13.3. The molecular formula is C29H33NO7S2. The first-order chi connectivity index (χ1) is 18.6. The van der Waals surface area contributed by atoms with Crippen LogP contribution in [0.15, 0.2) is 41.3 Å². The highest BCUT2D eigenvalue weighted by atomic mass is 32.2. The van der Waals surface area contributed by atoms with E-state index in [4.69, 9.17) is 21.7 Å². The van der Waals surface area contributed by atoms with E-state index in [2.05, 4.69) is 6.92 Å². The molecule has 0 unspecified atom stereocenters. The minimum atomic E-state index is -1.31. The number of hydrogen-bond donors (Lipinski definition) is 2. The van der Waals surface area contributed by atoms with Gasteiger partial charge in [0.2, 0.25) is 0 Å². The summed E-state index contributed by atoms with van der Waals surface area (Å²) >= 11 is 6.44. The van der Waals surface area contributed by atoms with Gasteiger partial charge in [-0.1, -0.05) is 62.7 Å². The zero-order valence-electron chi connectivity index (χ0n) is 22.3. The van der Waals surface area contributed by atoms with Gasteiger partial charge in [0.15, 0.2) is 15.8 Å². The summed E-state index contributed by atoms with van der Waals surface area (Å²) in [6.07, 6.45) is 8.65. The van der Waals surface area contributed by atoms with Crippen molar-refractivity contribution in [2.75, 3.05) is 11.5 Å². The normalized spacial score (nSPS) is 15.1. The Morgan fingerprint density at radius 2 is 1.67 bits per heavy atom. The summed E-state index contributed by atoms with van der Waals surface area (Å²) in [6.45, 7) is 6.57. The Hall–Kier alpha value is -3.37. The average molecular weight is 572 g/mol. The molecule has 3 rings (SSSR count). The molecule has 0 aliphatic carbocycles. The molecule has 1 atom stereocenters. The van der Waals surface area contributed by atoms with Crippen LogP contribution in [0.1, 0.15) is 85.6 Å². The largest absolute Gasteiger partial charge is 0.490 e. The second-order valence-electron chi connectivity index (χ2n) is 9.17. The van der Waals surface area contributed by atoms with E-state index < -0.39 is 17.8 Å². The number of unbranched alkanes of at least 4 members (excludes halogenated alkanes) is 4. The number of hydrogen-bond acceptors (Lipinski definition) is 7. The van der Waals surface area contributed by atoms with E-state index in [9.17, 15) is 24.6 Å². The Kier molecular flexibility index (Phi) is 10.9.